The third-order valence-electron chi connectivity index (χ3n) is 2.83. The van der Waals surface area contributed by atoms with Crippen molar-refractivity contribution in [1.82, 2.24) is 15.0 Å². The number of rotatable bonds is 3. The zero-order chi connectivity index (χ0) is 13.9. The largest absolute Gasteiger partial charge is 0.287 e. The number of para-hydroxylation sites is 1. The van der Waals surface area contributed by atoms with Gasteiger partial charge in [-0.05, 0) is 24.3 Å². The molecule has 0 aliphatic carbocycles. The molecule has 1 heterocycles. The Balaban J connectivity index is 1.95. The highest BCUT2D eigenvalue weighted by Crippen LogP contribution is 2.18. The van der Waals surface area contributed by atoms with Gasteiger partial charge in [0.05, 0.1) is 16.9 Å². The van der Waals surface area contributed by atoms with E-state index in [0.29, 0.717) is 10.6 Å². The van der Waals surface area contributed by atoms with Gasteiger partial charge in [-0.15, -0.1) is 5.10 Å². The van der Waals surface area contributed by atoms with E-state index in [0.717, 1.165) is 5.69 Å². The number of carbonyl (C=O) groups excluding carboxylic acids is 1. The van der Waals surface area contributed by atoms with E-state index in [1.165, 1.54) is 11.0 Å². The highest BCUT2D eigenvalue weighted by molar-refractivity contribution is 6.34. The Kier molecular flexibility index (Phi) is 3.31. The Morgan fingerprint density at radius 1 is 1.00 bits per heavy atom. The molecule has 0 aliphatic heterocycles. The summed E-state index contributed by atoms with van der Waals surface area (Å²) in [5.74, 6) is -0.238. The van der Waals surface area contributed by atoms with Crippen molar-refractivity contribution in [3.63, 3.8) is 0 Å². The summed E-state index contributed by atoms with van der Waals surface area (Å²) in [5.41, 5.74) is 1.49. The number of ketones is 1. The molecule has 1 aromatic heterocycles. The van der Waals surface area contributed by atoms with Crippen molar-refractivity contribution in [3.05, 3.63) is 77.1 Å². The van der Waals surface area contributed by atoms with E-state index in [1.807, 2.05) is 30.3 Å². The van der Waals surface area contributed by atoms with Crippen LogP contribution in [0.15, 0.2) is 60.8 Å². The summed E-state index contributed by atoms with van der Waals surface area (Å²) in [6, 6.07) is 16.3. The maximum atomic E-state index is 12.3. The van der Waals surface area contributed by atoms with Gasteiger partial charge in [-0.3, -0.25) is 4.79 Å². The van der Waals surface area contributed by atoms with Gasteiger partial charge >= 0.3 is 0 Å². The van der Waals surface area contributed by atoms with Crippen LogP contribution in [0.5, 0.6) is 0 Å². The monoisotopic (exact) mass is 283 g/mol. The minimum atomic E-state index is -0.238. The summed E-state index contributed by atoms with van der Waals surface area (Å²) < 4.78 is 0. The molecule has 2 aromatic carbocycles. The van der Waals surface area contributed by atoms with Crippen LogP contribution in [-0.4, -0.2) is 20.8 Å². The zero-order valence-electron chi connectivity index (χ0n) is 10.4. The summed E-state index contributed by atoms with van der Waals surface area (Å²) in [6.45, 7) is 0. The molecule has 20 heavy (non-hydrogen) atoms. The van der Waals surface area contributed by atoms with Crippen molar-refractivity contribution in [2.24, 2.45) is 0 Å². The molecule has 0 saturated heterocycles. The standard InChI is InChI=1S/C15H10ClN3O/c16-13-9-5-4-8-12(13)15(20)14-10-17-19(18-14)11-6-2-1-3-7-11/h1-10H. The highest BCUT2D eigenvalue weighted by Gasteiger charge is 2.16. The number of nitrogens with zero attached hydrogens (tertiary/aromatic N) is 3. The molecule has 3 rings (SSSR count). The molecule has 0 amide bonds. The molecule has 0 atom stereocenters. The van der Waals surface area contributed by atoms with Crippen molar-refractivity contribution >= 4 is 17.4 Å². The molecule has 3 aromatic rings. The number of hydrogen-bond donors (Lipinski definition) is 0. The lowest BCUT2D eigenvalue weighted by atomic mass is 10.1. The molecular formula is C15H10ClN3O. The van der Waals surface area contributed by atoms with Gasteiger partial charge in [-0.2, -0.15) is 9.90 Å². The third kappa shape index (κ3) is 2.33. The molecule has 0 saturated carbocycles. The summed E-state index contributed by atoms with van der Waals surface area (Å²) in [5, 5.41) is 8.71. The van der Waals surface area contributed by atoms with E-state index in [4.69, 9.17) is 11.6 Å². The maximum absolute atomic E-state index is 12.3. The Labute approximate surface area is 120 Å². The summed E-state index contributed by atoms with van der Waals surface area (Å²) in [4.78, 5) is 13.7. The first-order valence-corrected chi connectivity index (χ1v) is 6.40. The van der Waals surface area contributed by atoms with Gasteiger partial charge < -0.3 is 0 Å². The fourth-order valence-corrected chi connectivity index (χ4v) is 2.06. The molecule has 0 aliphatic rings. The van der Waals surface area contributed by atoms with Crippen LogP contribution in [-0.2, 0) is 0 Å². The summed E-state index contributed by atoms with van der Waals surface area (Å²) in [6.07, 6.45) is 1.44. The summed E-state index contributed by atoms with van der Waals surface area (Å²) >= 11 is 6.02. The van der Waals surface area contributed by atoms with Gasteiger partial charge in [0.1, 0.15) is 0 Å². The fourth-order valence-electron chi connectivity index (χ4n) is 1.84. The molecule has 5 heteroatoms. The lowest BCUT2D eigenvalue weighted by Gasteiger charge is -2.00. The first-order valence-electron chi connectivity index (χ1n) is 6.03. The van der Waals surface area contributed by atoms with Crippen LogP contribution >= 0.6 is 11.6 Å². The van der Waals surface area contributed by atoms with E-state index in [-0.39, 0.29) is 11.5 Å². The third-order valence-corrected chi connectivity index (χ3v) is 3.16. The second kappa shape index (κ2) is 5.27. The number of carbonyl (C=O) groups is 1. The van der Waals surface area contributed by atoms with E-state index in [1.54, 1.807) is 24.3 Å². The minimum absolute atomic E-state index is 0.238. The fraction of sp³-hybridized carbons (Fsp3) is 0. The van der Waals surface area contributed by atoms with Crippen molar-refractivity contribution in [3.8, 4) is 5.69 Å². The number of benzene rings is 2. The first-order chi connectivity index (χ1) is 9.75. The van der Waals surface area contributed by atoms with E-state index in [2.05, 4.69) is 10.2 Å². The molecule has 4 nitrogen and oxygen atoms in total. The average molecular weight is 284 g/mol. The second-order valence-corrected chi connectivity index (χ2v) is 4.57. The first kappa shape index (κ1) is 12.6. The van der Waals surface area contributed by atoms with Crippen molar-refractivity contribution in [2.75, 3.05) is 0 Å². The predicted molar refractivity (Wildman–Crippen MR) is 76.2 cm³/mol. The quantitative estimate of drug-likeness (QED) is 0.694. The Bertz CT molecular complexity index is 753. The highest BCUT2D eigenvalue weighted by atomic mass is 35.5. The van der Waals surface area contributed by atoms with E-state index >= 15 is 0 Å². The van der Waals surface area contributed by atoms with Crippen LogP contribution in [0.1, 0.15) is 16.1 Å². The second-order valence-electron chi connectivity index (χ2n) is 4.16. The molecule has 0 bridgehead atoms. The number of hydrogen-bond acceptors (Lipinski definition) is 3. The molecule has 0 N–H and O–H groups in total. The maximum Gasteiger partial charge on any atom is 0.216 e. The number of halogens is 1. The van der Waals surface area contributed by atoms with Crippen LogP contribution in [0.3, 0.4) is 0 Å². The van der Waals surface area contributed by atoms with Gasteiger partial charge in [-0.1, -0.05) is 41.9 Å². The van der Waals surface area contributed by atoms with Gasteiger partial charge in [0.15, 0.2) is 5.69 Å². The van der Waals surface area contributed by atoms with E-state index < -0.39 is 0 Å². The van der Waals surface area contributed by atoms with Crippen LogP contribution in [0.4, 0.5) is 0 Å². The lowest BCUT2D eigenvalue weighted by molar-refractivity contribution is 0.103. The smallest absolute Gasteiger partial charge is 0.216 e. The van der Waals surface area contributed by atoms with Crippen molar-refractivity contribution < 1.29 is 4.79 Å². The summed E-state index contributed by atoms with van der Waals surface area (Å²) in [7, 11) is 0. The molecule has 0 spiro atoms. The molecule has 0 unspecified atom stereocenters. The van der Waals surface area contributed by atoms with Crippen LogP contribution in [0.2, 0.25) is 5.02 Å². The van der Waals surface area contributed by atoms with Gasteiger partial charge in [0.25, 0.3) is 0 Å². The molecule has 0 radical (unpaired) electrons. The van der Waals surface area contributed by atoms with Crippen LogP contribution in [0.25, 0.3) is 5.69 Å². The van der Waals surface area contributed by atoms with Gasteiger partial charge in [0.2, 0.25) is 5.78 Å². The van der Waals surface area contributed by atoms with Gasteiger partial charge in [-0.25, -0.2) is 0 Å². The Morgan fingerprint density at radius 3 is 2.45 bits per heavy atom. The zero-order valence-corrected chi connectivity index (χ0v) is 11.2. The normalized spacial score (nSPS) is 10.4. The topological polar surface area (TPSA) is 47.8 Å². The van der Waals surface area contributed by atoms with Gasteiger partial charge in [0, 0.05) is 5.56 Å². The molecule has 98 valence electrons. The average Bonchev–Trinajstić information content (AvgIpc) is 2.98. The minimum Gasteiger partial charge on any atom is -0.287 e. The van der Waals surface area contributed by atoms with Crippen LogP contribution < -0.4 is 0 Å². The SMILES string of the molecule is O=C(c1cnn(-c2ccccc2)n1)c1ccccc1Cl. The number of aromatic nitrogens is 3. The Morgan fingerprint density at radius 2 is 1.70 bits per heavy atom. The van der Waals surface area contributed by atoms with Crippen molar-refractivity contribution in [2.45, 2.75) is 0 Å². The van der Waals surface area contributed by atoms with Crippen molar-refractivity contribution in [1.29, 1.82) is 0 Å². The lowest BCUT2D eigenvalue weighted by Crippen LogP contribution is -2.05. The molecule has 0 fully saturated rings. The van der Waals surface area contributed by atoms with Crippen LogP contribution in [0, 0.1) is 0 Å². The predicted octanol–water partition coefficient (Wildman–Crippen LogP) is 3.15. The van der Waals surface area contributed by atoms with E-state index in [9.17, 15) is 4.79 Å². The molecular weight excluding hydrogens is 274 g/mol. The Hall–Kier alpha value is -2.46.